The molecule has 7 heteroatoms. The van der Waals surface area contributed by atoms with Gasteiger partial charge in [0.05, 0.1) is 27.7 Å². The van der Waals surface area contributed by atoms with Crippen molar-refractivity contribution in [3.05, 3.63) is 53.1 Å². The number of aromatic nitrogens is 5. The zero-order chi connectivity index (χ0) is 20.1. The molecule has 0 radical (unpaired) electrons. The number of nitrogens with zero attached hydrogens (tertiary/aromatic N) is 5. The number of fused-ring (bicyclic) bond motifs is 2. The molecule has 1 aliphatic rings. The molecule has 1 aromatic carbocycles. The maximum atomic E-state index is 13.1. The Bertz CT molecular complexity index is 1250. The van der Waals surface area contributed by atoms with Gasteiger partial charge in [0.1, 0.15) is 5.82 Å². The second-order valence-corrected chi connectivity index (χ2v) is 7.83. The van der Waals surface area contributed by atoms with Crippen LogP contribution in [0.2, 0.25) is 0 Å². The van der Waals surface area contributed by atoms with Crippen molar-refractivity contribution in [2.24, 2.45) is 7.05 Å². The lowest BCUT2D eigenvalue weighted by atomic mass is 10.1. The molecule has 3 aromatic heterocycles. The van der Waals surface area contributed by atoms with Gasteiger partial charge in [-0.2, -0.15) is 5.10 Å². The van der Waals surface area contributed by atoms with Crippen molar-refractivity contribution < 1.29 is 4.79 Å². The monoisotopic (exact) mass is 388 g/mol. The Labute approximate surface area is 168 Å². The van der Waals surface area contributed by atoms with E-state index >= 15 is 0 Å². The number of imidazole rings is 1. The minimum atomic E-state index is -0.0718. The molecule has 1 N–H and O–H groups in total. The Morgan fingerprint density at radius 1 is 1.21 bits per heavy atom. The normalized spacial score (nSPS) is 14.0. The van der Waals surface area contributed by atoms with E-state index in [0.29, 0.717) is 24.6 Å². The quantitative estimate of drug-likeness (QED) is 0.569. The first kappa shape index (κ1) is 17.8. The topological polar surface area (TPSA) is 77.6 Å². The van der Waals surface area contributed by atoms with E-state index in [1.54, 1.807) is 4.68 Å². The van der Waals surface area contributed by atoms with Crippen LogP contribution >= 0.6 is 0 Å². The first-order valence-electron chi connectivity index (χ1n) is 10.1. The molecule has 0 spiro atoms. The Morgan fingerprint density at radius 3 is 2.79 bits per heavy atom. The number of nitrogens with one attached hydrogen (secondary N) is 1. The van der Waals surface area contributed by atoms with Crippen molar-refractivity contribution in [1.29, 1.82) is 0 Å². The first-order chi connectivity index (χ1) is 14.0. The number of para-hydroxylation sites is 2. The van der Waals surface area contributed by atoms with Crippen LogP contribution < -0.4 is 5.32 Å². The summed E-state index contributed by atoms with van der Waals surface area (Å²) in [6.07, 6.45) is 2.28. The summed E-state index contributed by atoms with van der Waals surface area (Å²) < 4.78 is 3.91. The minimum Gasteiger partial charge on any atom is -0.350 e. The summed E-state index contributed by atoms with van der Waals surface area (Å²) in [5, 5.41) is 8.42. The van der Waals surface area contributed by atoms with Gasteiger partial charge >= 0.3 is 0 Å². The van der Waals surface area contributed by atoms with E-state index in [2.05, 4.69) is 26.0 Å². The third-order valence-electron chi connectivity index (χ3n) is 5.70. The van der Waals surface area contributed by atoms with Gasteiger partial charge in [-0.15, -0.1) is 0 Å². The smallest absolute Gasteiger partial charge is 0.252 e. The number of carbonyl (C=O) groups is 1. The summed E-state index contributed by atoms with van der Waals surface area (Å²) in [7, 11) is 1.88. The molecule has 1 amide bonds. The summed E-state index contributed by atoms with van der Waals surface area (Å²) in [4.78, 5) is 22.5. The number of amides is 1. The fourth-order valence-electron chi connectivity index (χ4n) is 4.09. The number of hydrogen-bond acceptors (Lipinski definition) is 4. The molecule has 3 heterocycles. The summed E-state index contributed by atoms with van der Waals surface area (Å²) >= 11 is 0. The van der Waals surface area contributed by atoms with Gasteiger partial charge < -0.3 is 9.88 Å². The number of hydrogen-bond donors (Lipinski definition) is 1. The van der Waals surface area contributed by atoms with Gasteiger partial charge in [-0.3, -0.25) is 9.48 Å². The van der Waals surface area contributed by atoms with Crippen LogP contribution in [0.25, 0.3) is 22.1 Å². The first-order valence-corrected chi connectivity index (χ1v) is 10.1. The summed E-state index contributed by atoms with van der Waals surface area (Å²) in [5.74, 6) is 1.35. The maximum absolute atomic E-state index is 13.1. The number of carbonyl (C=O) groups excluding carboxylic acids is 1. The molecule has 0 saturated heterocycles. The minimum absolute atomic E-state index is 0.0718. The summed E-state index contributed by atoms with van der Waals surface area (Å²) in [5.41, 5.74) is 5.36. The molecule has 5 rings (SSSR count). The fraction of sp³-hybridized carbons (Fsp3) is 0.364. The van der Waals surface area contributed by atoms with Gasteiger partial charge in [0.15, 0.2) is 5.65 Å². The van der Waals surface area contributed by atoms with Crippen LogP contribution in [-0.2, 0) is 13.6 Å². The van der Waals surface area contributed by atoms with Gasteiger partial charge in [0, 0.05) is 31.7 Å². The Balaban J connectivity index is 1.41. The highest BCUT2D eigenvalue weighted by atomic mass is 16.1. The zero-order valence-corrected chi connectivity index (χ0v) is 16.9. The molecule has 1 aliphatic carbocycles. The highest BCUT2D eigenvalue weighted by Crippen LogP contribution is 2.40. The van der Waals surface area contributed by atoms with Crippen LogP contribution in [0.5, 0.6) is 0 Å². The standard InChI is InChI=1S/C22H24N6O/c1-13-20-16(12-18(15-8-9-15)25-21(20)27(3)26-13)22(29)23-10-11-28-14(2)24-17-6-4-5-7-19(17)28/h4-7,12,15H,8-11H2,1-3H3,(H,23,29). The molecule has 4 aromatic rings. The van der Waals surface area contributed by atoms with Crippen LogP contribution in [0.1, 0.15) is 46.3 Å². The molecular weight excluding hydrogens is 364 g/mol. The molecule has 0 unspecified atom stereocenters. The molecule has 0 aliphatic heterocycles. The highest BCUT2D eigenvalue weighted by Gasteiger charge is 2.28. The van der Waals surface area contributed by atoms with Crippen molar-refractivity contribution in [2.75, 3.05) is 6.54 Å². The van der Waals surface area contributed by atoms with E-state index in [1.165, 1.54) is 0 Å². The molecule has 1 saturated carbocycles. The van der Waals surface area contributed by atoms with E-state index in [9.17, 15) is 4.79 Å². The lowest BCUT2D eigenvalue weighted by Gasteiger charge is -2.11. The molecule has 29 heavy (non-hydrogen) atoms. The number of benzene rings is 1. The predicted octanol–water partition coefficient (Wildman–Crippen LogP) is 3.24. The summed E-state index contributed by atoms with van der Waals surface area (Å²) in [6, 6.07) is 10.0. The number of rotatable bonds is 5. The average Bonchev–Trinajstić information content (AvgIpc) is 3.45. The number of pyridine rings is 1. The zero-order valence-electron chi connectivity index (χ0n) is 16.9. The second-order valence-electron chi connectivity index (χ2n) is 7.83. The van der Waals surface area contributed by atoms with Crippen molar-refractivity contribution in [3.63, 3.8) is 0 Å². The molecule has 1 fully saturated rings. The summed E-state index contributed by atoms with van der Waals surface area (Å²) in [6.45, 7) is 5.13. The van der Waals surface area contributed by atoms with Gasteiger partial charge in [0.2, 0.25) is 0 Å². The Kier molecular flexibility index (Phi) is 4.12. The third-order valence-corrected chi connectivity index (χ3v) is 5.70. The number of aryl methyl sites for hydroxylation is 3. The Hall–Kier alpha value is -3.22. The SMILES string of the molecule is Cc1nn(C)c2nc(C3CC3)cc(C(=O)NCCn3c(C)nc4ccccc43)c12. The van der Waals surface area contributed by atoms with Crippen LogP contribution in [0, 0.1) is 13.8 Å². The Morgan fingerprint density at radius 2 is 2.00 bits per heavy atom. The van der Waals surface area contributed by atoms with Crippen LogP contribution in [0.15, 0.2) is 30.3 Å². The van der Waals surface area contributed by atoms with Crippen molar-refractivity contribution >= 4 is 28.0 Å². The van der Waals surface area contributed by atoms with E-state index in [4.69, 9.17) is 4.98 Å². The maximum Gasteiger partial charge on any atom is 0.252 e. The molecular formula is C22H24N6O. The molecule has 148 valence electrons. The predicted molar refractivity (Wildman–Crippen MR) is 112 cm³/mol. The van der Waals surface area contributed by atoms with Gasteiger partial charge in [-0.1, -0.05) is 12.1 Å². The molecule has 0 atom stereocenters. The van der Waals surface area contributed by atoms with Gasteiger partial charge in [-0.05, 0) is 44.9 Å². The third kappa shape index (κ3) is 3.06. The van der Waals surface area contributed by atoms with Gasteiger partial charge in [0.25, 0.3) is 5.91 Å². The lowest BCUT2D eigenvalue weighted by molar-refractivity contribution is 0.0953. The van der Waals surface area contributed by atoms with Gasteiger partial charge in [-0.25, -0.2) is 9.97 Å². The van der Waals surface area contributed by atoms with E-state index in [0.717, 1.165) is 52.1 Å². The van der Waals surface area contributed by atoms with E-state index in [1.807, 2.05) is 45.2 Å². The average molecular weight is 388 g/mol. The second kappa shape index (κ2) is 6.69. The fourth-order valence-corrected chi connectivity index (χ4v) is 4.09. The van der Waals surface area contributed by atoms with Crippen LogP contribution in [0.4, 0.5) is 0 Å². The van der Waals surface area contributed by atoms with E-state index in [-0.39, 0.29) is 5.91 Å². The molecule has 7 nitrogen and oxygen atoms in total. The van der Waals surface area contributed by atoms with Crippen LogP contribution in [-0.4, -0.2) is 36.8 Å². The van der Waals surface area contributed by atoms with Crippen molar-refractivity contribution in [3.8, 4) is 0 Å². The van der Waals surface area contributed by atoms with E-state index < -0.39 is 0 Å². The largest absolute Gasteiger partial charge is 0.350 e. The highest BCUT2D eigenvalue weighted by molar-refractivity contribution is 6.06. The van der Waals surface area contributed by atoms with Crippen LogP contribution in [0.3, 0.4) is 0 Å². The van der Waals surface area contributed by atoms with Crippen molar-refractivity contribution in [2.45, 2.75) is 39.2 Å². The molecule has 0 bridgehead atoms. The lowest BCUT2D eigenvalue weighted by Crippen LogP contribution is -2.28. The van der Waals surface area contributed by atoms with Crippen molar-refractivity contribution in [1.82, 2.24) is 29.6 Å².